The van der Waals surface area contributed by atoms with Gasteiger partial charge in [-0.2, -0.15) is 0 Å². The van der Waals surface area contributed by atoms with Crippen molar-refractivity contribution in [2.45, 2.75) is 63.6 Å². The van der Waals surface area contributed by atoms with E-state index >= 15 is 0 Å². The quantitative estimate of drug-likeness (QED) is 0.478. The van der Waals surface area contributed by atoms with Gasteiger partial charge < -0.3 is 16.0 Å². The minimum absolute atomic E-state index is 0.000633. The van der Waals surface area contributed by atoms with Crippen molar-refractivity contribution in [1.29, 1.82) is 0 Å². The lowest BCUT2D eigenvalue weighted by atomic mass is 9.95. The van der Waals surface area contributed by atoms with Crippen molar-refractivity contribution < 1.29 is 8.42 Å². The third-order valence-corrected chi connectivity index (χ3v) is 7.61. The molecule has 1 aliphatic heterocycles. The highest BCUT2D eigenvalue weighted by Gasteiger charge is 2.35. The van der Waals surface area contributed by atoms with Gasteiger partial charge in [0.1, 0.15) is 0 Å². The molecule has 7 heteroatoms. The zero-order valence-electron chi connectivity index (χ0n) is 17.1. The second-order valence-corrected chi connectivity index (χ2v) is 10.4. The highest BCUT2D eigenvalue weighted by molar-refractivity contribution is 7.91. The standard InChI is InChI=1S/C21H34N4O2S/c1-3-22-20(24-19-11-14-28(26,27)15-19)23-16-21(12-7-8-13-21)25-17(2)18-9-5-4-6-10-18/h4-6,9-10,17,19,25H,3,7-8,11-16H2,1-2H3,(H2,22,23,24). The lowest BCUT2D eigenvalue weighted by molar-refractivity contribution is 0.307. The van der Waals surface area contributed by atoms with Crippen molar-refractivity contribution in [3.05, 3.63) is 35.9 Å². The van der Waals surface area contributed by atoms with E-state index in [4.69, 9.17) is 4.99 Å². The summed E-state index contributed by atoms with van der Waals surface area (Å²) in [6, 6.07) is 10.8. The van der Waals surface area contributed by atoms with E-state index in [9.17, 15) is 8.42 Å². The smallest absolute Gasteiger partial charge is 0.191 e. The van der Waals surface area contributed by atoms with Crippen LogP contribution in [0, 0.1) is 0 Å². The molecular formula is C21H34N4O2S. The molecule has 1 aliphatic carbocycles. The van der Waals surface area contributed by atoms with Gasteiger partial charge in [-0.1, -0.05) is 43.2 Å². The molecule has 1 saturated carbocycles. The fourth-order valence-corrected chi connectivity index (χ4v) is 6.01. The Labute approximate surface area is 169 Å². The highest BCUT2D eigenvalue weighted by atomic mass is 32.2. The minimum Gasteiger partial charge on any atom is -0.357 e. The zero-order chi connectivity index (χ0) is 20.0. The Hall–Kier alpha value is -1.60. The number of hydrogen-bond donors (Lipinski definition) is 3. The molecule has 3 N–H and O–H groups in total. The Morgan fingerprint density at radius 3 is 2.57 bits per heavy atom. The fourth-order valence-electron chi connectivity index (χ4n) is 4.34. The number of rotatable bonds is 7. The molecule has 3 rings (SSSR count). The molecule has 0 radical (unpaired) electrons. The Kier molecular flexibility index (Phi) is 6.99. The van der Waals surface area contributed by atoms with Crippen LogP contribution >= 0.6 is 0 Å². The Bertz CT molecular complexity index is 758. The molecule has 0 spiro atoms. The average molecular weight is 407 g/mol. The molecule has 1 aromatic rings. The van der Waals surface area contributed by atoms with Crippen LogP contribution in [0.25, 0.3) is 0 Å². The largest absolute Gasteiger partial charge is 0.357 e. The first kappa shape index (κ1) is 21.1. The van der Waals surface area contributed by atoms with Crippen LogP contribution in [0.5, 0.6) is 0 Å². The molecule has 2 fully saturated rings. The van der Waals surface area contributed by atoms with Gasteiger partial charge in [-0.05, 0) is 38.7 Å². The van der Waals surface area contributed by atoms with Crippen molar-refractivity contribution >= 4 is 15.8 Å². The molecule has 1 aromatic carbocycles. The maximum absolute atomic E-state index is 11.7. The summed E-state index contributed by atoms with van der Waals surface area (Å²) in [5.41, 5.74) is 1.29. The molecule has 0 aromatic heterocycles. The van der Waals surface area contributed by atoms with Crippen molar-refractivity contribution in [2.24, 2.45) is 4.99 Å². The summed E-state index contributed by atoms with van der Waals surface area (Å²) in [6.45, 7) is 5.70. The van der Waals surface area contributed by atoms with E-state index in [-0.39, 0.29) is 29.1 Å². The van der Waals surface area contributed by atoms with E-state index in [2.05, 4.69) is 47.1 Å². The number of benzene rings is 1. The predicted molar refractivity (Wildman–Crippen MR) is 115 cm³/mol. The minimum atomic E-state index is -2.90. The summed E-state index contributed by atoms with van der Waals surface area (Å²) in [5, 5.41) is 10.5. The number of aliphatic imine (C=N–C) groups is 1. The second kappa shape index (κ2) is 9.27. The lowest BCUT2D eigenvalue weighted by Gasteiger charge is -2.33. The summed E-state index contributed by atoms with van der Waals surface area (Å²) >= 11 is 0. The third kappa shape index (κ3) is 5.70. The normalized spacial score (nSPS) is 24.8. The summed E-state index contributed by atoms with van der Waals surface area (Å²) in [6.07, 6.45) is 5.32. The van der Waals surface area contributed by atoms with E-state index in [1.165, 1.54) is 18.4 Å². The number of nitrogens with zero attached hydrogens (tertiary/aromatic N) is 1. The van der Waals surface area contributed by atoms with Gasteiger partial charge in [0.2, 0.25) is 0 Å². The molecule has 28 heavy (non-hydrogen) atoms. The molecule has 156 valence electrons. The van der Waals surface area contributed by atoms with Crippen LogP contribution in [0.15, 0.2) is 35.3 Å². The van der Waals surface area contributed by atoms with E-state index in [0.29, 0.717) is 13.0 Å². The molecule has 6 nitrogen and oxygen atoms in total. The van der Waals surface area contributed by atoms with Crippen molar-refractivity contribution in [2.75, 3.05) is 24.6 Å². The van der Waals surface area contributed by atoms with Gasteiger partial charge in [-0.3, -0.25) is 4.99 Å². The highest BCUT2D eigenvalue weighted by Crippen LogP contribution is 2.32. The monoisotopic (exact) mass is 406 g/mol. The first-order valence-electron chi connectivity index (χ1n) is 10.5. The Morgan fingerprint density at radius 2 is 1.96 bits per heavy atom. The van der Waals surface area contributed by atoms with E-state index in [1.54, 1.807) is 0 Å². The summed E-state index contributed by atoms with van der Waals surface area (Å²) < 4.78 is 23.5. The number of sulfone groups is 1. The number of nitrogens with one attached hydrogen (secondary N) is 3. The van der Waals surface area contributed by atoms with Crippen LogP contribution in [-0.4, -0.2) is 50.6 Å². The van der Waals surface area contributed by atoms with E-state index in [0.717, 1.165) is 25.3 Å². The summed E-state index contributed by atoms with van der Waals surface area (Å²) in [7, 11) is -2.90. The van der Waals surface area contributed by atoms with Gasteiger partial charge in [-0.15, -0.1) is 0 Å². The third-order valence-electron chi connectivity index (χ3n) is 5.84. The zero-order valence-corrected chi connectivity index (χ0v) is 17.9. The maximum Gasteiger partial charge on any atom is 0.191 e. The van der Waals surface area contributed by atoms with Gasteiger partial charge in [0.05, 0.1) is 18.1 Å². The SMILES string of the molecule is CCNC(=NCC1(NC(C)c2ccccc2)CCCC1)NC1CCS(=O)(=O)C1. The van der Waals surface area contributed by atoms with Gasteiger partial charge in [0.25, 0.3) is 0 Å². The summed E-state index contributed by atoms with van der Waals surface area (Å²) in [5.74, 6) is 1.20. The Balaban J connectivity index is 1.67. The first-order valence-corrected chi connectivity index (χ1v) is 12.3. The second-order valence-electron chi connectivity index (χ2n) is 8.20. The van der Waals surface area contributed by atoms with Crippen molar-refractivity contribution in [3.63, 3.8) is 0 Å². The van der Waals surface area contributed by atoms with Gasteiger partial charge in [0.15, 0.2) is 15.8 Å². The molecule has 2 atom stereocenters. The molecule has 1 saturated heterocycles. The molecule has 2 aliphatic rings. The van der Waals surface area contributed by atoms with Gasteiger partial charge >= 0.3 is 0 Å². The molecular weight excluding hydrogens is 372 g/mol. The number of hydrogen-bond acceptors (Lipinski definition) is 4. The van der Waals surface area contributed by atoms with Crippen LogP contribution in [0.2, 0.25) is 0 Å². The van der Waals surface area contributed by atoms with Crippen molar-refractivity contribution in [1.82, 2.24) is 16.0 Å². The van der Waals surface area contributed by atoms with Gasteiger partial charge in [-0.25, -0.2) is 8.42 Å². The van der Waals surface area contributed by atoms with Crippen LogP contribution in [0.4, 0.5) is 0 Å². The summed E-state index contributed by atoms with van der Waals surface area (Å²) in [4.78, 5) is 4.86. The van der Waals surface area contributed by atoms with Crippen molar-refractivity contribution in [3.8, 4) is 0 Å². The van der Waals surface area contributed by atoms with Crippen LogP contribution in [0.3, 0.4) is 0 Å². The average Bonchev–Trinajstić information content (AvgIpc) is 3.27. The van der Waals surface area contributed by atoms with E-state index < -0.39 is 9.84 Å². The molecule has 0 amide bonds. The van der Waals surface area contributed by atoms with Gasteiger partial charge in [0, 0.05) is 24.2 Å². The van der Waals surface area contributed by atoms with Crippen LogP contribution in [-0.2, 0) is 9.84 Å². The Morgan fingerprint density at radius 1 is 1.25 bits per heavy atom. The molecule has 2 unspecified atom stereocenters. The topological polar surface area (TPSA) is 82.6 Å². The lowest BCUT2D eigenvalue weighted by Crippen LogP contribution is -2.49. The molecule has 0 bridgehead atoms. The first-order chi connectivity index (χ1) is 13.4. The predicted octanol–water partition coefficient (Wildman–Crippen LogP) is 2.39. The molecule has 1 heterocycles. The number of guanidine groups is 1. The van der Waals surface area contributed by atoms with Crippen LogP contribution in [0.1, 0.15) is 57.6 Å². The van der Waals surface area contributed by atoms with E-state index in [1.807, 2.05) is 13.0 Å². The fraction of sp³-hybridized carbons (Fsp3) is 0.667. The van der Waals surface area contributed by atoms with Crippen LogP contribution < -0.4 is 16.0 Å². The maximum atomic E-state index is 11.7.